The molecule has 5 rings (SSSR count). The van der Waals surface area contributed by atoms with Crippen molar-refractivity contribution in [1.29, 1.82) is 0 Å². The van der Waals surface area contributed by atoms with E-state index in [2.05, 4.69) is 10.2 Å². The Hall–Kier alpha value is -4.66. The van der Waals surface area contributed by atoms with E-state index in [1.54, 1.807) is 55.6 Å². The number of benzene rings is 2. The number of hydrogen-bond donors (Lipinski definition) is 3. The lowest BCUT2D eigenvalue weighted by molar-refractivity contribution is -0.114. The van der Waals surface area contributed by atoms with Crippen molar-refractivity contribution in [3.63, 3.8) is 0 Å². The minimum atomic E-state index is -0.644. The van der Waals surface area contributed by atoms with Crippen molar-refractivity contribution < 1.29 is 14.7 Å². The Morgan fingerprint density at radius 2 is 1.61 bits per heavy atom. The van der Waals surface area contributed by atoms with Crippen LogP contribution in [0.15, 0.2) is 63.7 Å². The van der Waals surface area contributed by atoms with E-state index < -0.39 is 22.8 Å². The SMILES string of the molecule is CN1C(=O)/C(=C\c2c(-c3c(O)c4ccccc4n(C)c3=O)[nH][nH]c2=O)C(=O)c2ccccc21. The zero-order valence-corrected chi connectivity index (χ0v) is 17.7. The van der Waals surface area contributed by atoms with Gasteiger partial charge in [0, 0.05) is 25.0 Å². The number of fused-ring (bicyclic) bond motifs is 2. The van der Waals surface area contributed by atoms with Crippen molar-refractivity contribution in [2.75, 3.05) is 11.9 Å². The summed E-state index contributed by atoms with van der Waals surface area (Å²) in [7, 11) is 3.09. The fourth-order valence-electron chi connectivity index (χ4n) is 4.17. The number of H-pyrrole nitrogens is 2. The van der Waals surface area contributed by atoms with Gasteiger partial charge in [-0.2, -0.15) is 0 Å². The molecule has 0 bridgehead atoms. The zero-order chi connectivity index (χ0) is 23.4. The Morgan fingerprint density at radius 1 is 0.909 bits per heavy atom. The second-order valence-electron chi connectivity index (χ2n) is 7.74. The number of hydrogen-bond acceptors (Lipinski definition) is 5. The van der Waals surface area contributed by atoms with E-state index >= 15 is 0 Å². The maximum Gasteiger partial charge on any atom is 0.271 e. The Morgan fingerprint density at radius 3 is 2.39 bits per heavy atom. The smallest absolute Gasteiger partial charge is 0.271 e. The van der Waals surface area contributed by atoms with Crippen molar-refractivity contribution in [3.05, 3.63) is 85.9 Å². The van der Waals surface area contributed by atoms with Crippen LogP contribution in [0.2, 0.25) is 0 Å². The summed E-state index contributed by atoms with van der Waals surface area (Å²) in [5.74, 6) is -1.43. The van der Waals surface area contributed by atoms with Gasteiger partial charge in [-0.15, -0.1) is 0 Å². The molecular weight excluding hydrogens is 424 g/mol. The summed E-state index contributed by atoms with van der Waals surface area (Å²) in [4.78, 5) is 53.1. The van der Waals surface area contributed by atoms with Crippen LogP contribution in [-0.2, 0) is 11.8 Å². The third-order valence-electron chi connectivity index (χ3n) is 5.92. The molecule has 2 aromatic heterocycles. The number of aryl methyl sites for hydroxylation is 1. The largest absolute Gasteiger partial charge is 0.506 e. The van der Waals surface area contributed by atoms with Gasteiger partial charge in [0.05, 0.1) is 28.0 Å². The fraction of sp³-hybridized carbons (Fsp3) is 0.0833. The maximum absolute atomic E-state index is 13.1. The van der Waals surface area contributed by atoms with Crippen molar-refractivity contribution >= 4 is 34.4 Å². The van der Waals surface area contributed by atoms with E-state index in [0.29, 0.717) is 22.2 Å². The van der Waals surface area contributed by atoms with Gasteiger partial charge in [-0.3, -0.25) is 29.4 Å². The summed E-state index contributed by atoms with van der Waals surface area (Å²) in [5.41, 5.74) is -0.389. The lowest BCUT2D eigenvalue weighted by atomic mass is 9.93. The van der Waals surface area contributed by atoms with Crippen molar-refractivity contribution in [3.8, 4) is 17.0 Å². The highest BCUT2D eigenvalue weighted by Crippen LogP contribution is 2.34. The zero-order valence-electron chi connectivity index (χ0n) is 17.7. The predicted molar refractivity (Wildman–Crippen MR) is 123 cm³/mol. The number of nitrogens with zero attached hydrogens (tertiary/aromatic N) is 2. The lowest BCUT2D eigenvalue weighted by Gasteiger charge is -2.26. The molecule has 0 aliphatic carbocycles. The molecule has 0 atom stereocenters. The Kier molecular flexibility index (Phi) is 4.42. The molecular formula is C24H18N4O5. The fourth-order valence-corrected chi connectivity index (χ4v) is 4.17. The number of Topliss-reactive ketones (excluding diaryl/α,β-unsaturated/α-hetero) is 1. The van der Waals surface area contributed by atoms with Gasteiger partial charge < -0.3 is 14.6 Å². The molecule has 0 fully saturated rings. The predicted octanol–water partition coefficient (Wildman–Crippen LogP) is 2.17. The second kappa shape index (κ2) is 7.20. The molecule has 1 amide bonds. The molecule has 164 valence electrons. The Balaban J connectivity index is 1.76. The molecule has 0 unspecified atom stereocenters. The lowest BCUT2D eigenvalue weighted by Crippen LogP contribution is -2.36. The third-order valence-corrected chi connectivity index (χ3v) is 5.92. The molecule has 1 aliphatic heterocycles. The normalized spacial score (nSPS) is 14.8. The molecule has 9 heteroatoms. The number of pyridine rings is 1. The van der Waals surface area contributed by atoms with Crippen LogP contribution < -0.4 is 16.0 Å². The van der Waals surface area contributed by atoms with E-state index in [1.807, 2.05) is 0 Å². The van der Waals surface area contributed by atoms with Gasteiger partial charge in [-0.25, -0.2) is 0 Å². The van der Waals surface area contributed by atoms with Crippen molar-refractivity contribution in [2.45, 2.75) is 0 Å². The van der Waals surface area contributed by atoms with Gasteiger partial charge in [0.25, 0.3) is 17.0 Å². The summed E-state index contributed by atoms with van der Waals surface area (Å²) >= 11 is 0. The van der Waals surface area contributed by atoms with Crippen LogP contribution in [0.4, 0.5) is 5.69 Å². The van der Waals surface area contributed by atoms with Crippen LogP contribution in [0.1, 0.15) is 15.9 Å². The molecule has 0 saturated heterocycles. The summed E-state index contributed by atoms with van der Waals surface area (Å²) in [6, 6.07) is 13.5. The highest BCUT2D eigenvalue weighted by atomic mass is 16.3. The molecule has 2 aromatic carbocycles. The van der Waals surface area contributed by atoms with Gasteiger partial charge in [-0.1, -0.05) is 24.3 Å². The number of carbonyl (C=O) groups is 2. The van der Waals surface area contributed by atoms with Gasteiger partial charge in [0.15, 0.2) is 0 Å². The first kappa shape index (κ1) is 20.3. The number of anilines is 1. The van der Waals surface area contributed by atoms with E-state index in [1.165, 1.54) is 16.5 Å². The third kappa shape index (κ3) is 2.86. The number of rotatable bonds is 2. The second-order valence-corrected chi connectivity index (χ2v) is 7.74. The van der Waals surface area contributed by atoms with Crippen molar-refractivity contribution in [2.24, 2.45) is 7.05 Å². The monoisotopic (exact) mass is 442 g/mol. The minimum Gasteiger partial charge on any atom is -0.506 e. The number of ketones is 1. The number of aromatic hydroxyl groups is 1. The Labute approximate surface area is 186 Å². The highest BCUT2D eigenvalue weighted by molar-refractivity contribution is 6.36. The number of amides is 1. The van der Waals surface area contributed by atoms with E-state index in [9.17, 15) is 24.3 Å². The number of likely N-dealkylation sites (N-methyl/N-ethyl adjacent to an activating group) is 1. The van der Waals surface area contributed by atoms with Crippen molar-refractivity contribution in [1.82, 2.24) is 14.8 Å². The first-order valence-electron chi connectivity index (χ1n) is 10.1. The topological polar surface area (TPSA) is 128 Å². The van der Waals surface area contributed by atoms with E-state index in [4.69, 9.17) is 0 Å². The highest BCUT2D eigenvalue weighted by Gasteiger charge is 2.33. The first-order valence-corrected chi connectivity index (χ1v) is 10.1. The number of nitrogens with one attached hydrogen (secondary N) is 2. The molecule has 3 heterocycles. The standard InChI is InChI=1S/C24H18N4O5/c1-27-16-9-5-3-7-12(16)20(29)15(23(27)32)11-14-19(25-26-22(14)31)18-21(30)13-8-4-6-10-17(13)28(2)24(18)33/h3-11,30H,1-2H3,(H2,25,26,31)/b15-11-. The number of carbonyl (C=O) groups excluding carboxylic acids is 2. The average molecular weight is 442 g/mol. The number of aromatic amines is 2. The summed E-state index contributed by atoms with van der Waals surface area (Å²) < 4.78 is 1.35. The molecule has 1 aliphatic rings. The molecule has 0 saturated carbocycles. The quantitative estimate of drug-likeness (QED) is 0.324. The molecule has 0 spiro atoms. The van der Waals surface area contributed by atoms with Gasteiger partial charge in [0.2, 0.25) is 5.78 Å². The first-order chi connectivity index (χ1) is 15.8. The average Bonchev–Trinajstić information content (AvgIpc) is 3.18. The van der Waals surface area contributed by atoms with Gasteiger partial charge in [0.1, 0.15) is 11.3 Å². The number of para-hydroxylation sites is 2. The summed E-state index contributed by atoms with van der Waals surface area (Å²) in [5, 5.41) is 16.3. The minimum absolute atomic E-state index is 0.0153. The molecule has 33 heavy (non-hydrogen) atoms. The summed E-state index contributed by atoms with van der Waals surface area (Å²) in [6.07, 6.45) is 1.16. The van der Waals surface area contributed by atoms with Crippen LogP contribution in [0.25, 0.3) is 28.2 Å². The van der Waals surface area contributed by atoms with Crippen LogP contribution in [0, 0.1) is 0 Å². The van der Waals surface area contributed by atoms with E-state index in [0.717, 1.165) is 6.08 Å². The summed E-state index contributed by atoms with van der Waals surface area (Å²) in [6.45, 7) is 0. The van der Waals surface area contributed by atoms with Crippen LogP contribution in [-0.4, -0.2) is 38.6 Å². The van der Waals surface area contributed by atoms with Gasteiger partial charge >= 0.3 is 0 Å². The Bertz CT molecular complexity index is 1640. The van der Waals surface area contributed by atoms with Gasteiger partial charge in [-0.05, 0) is 30.3 Å². The molecule has 0 radical (unpaired) electrons. The number of aromatic nitrogens is 3. The van der Waals surface area contributed by atoms with Crippen LogP contribution in [0.5, 0.6) is 5.75 Å². The molecule has 9 nitrogen and oxygen atoms in total. The van der Waals surface area contributed by atoms with Crippen LogP contribution in [0.3, 0.4) is 0 Å². The van der Waals surface area contributed by atoms with Crippen LogP contribution >= 0.6 is 0 Å². The molecule has 4 aromatic rings. The van der Waals surface area contributed by atoms with E-state index in [-0.39, 0.29) is 28.1 Å². The molecule has 3 N–H and O–H groups in total. The maximum atomic E-state index is 13.1.